The molecule has 0 spiro atoms. The third kappa shape index (κ3) is 3.62. The summed E-state index contributed by atoms with van der Waals surface area (Å²) < 4.78 is 3.52. The van der Waals surface area contributed by atoms with E-state index in [9.17, 15) is 9.59 Å². The van der Waals surface area contributed by atoms with Crippen molar-refractivity contribution in [1.29, 1.82) is 0 Å². The van der Waals surface area contributed by atoms with Crippen LogP contribution >= 0.6 is 0 Å². The molecule has 4 heteroatoms. The quantitative estimate of drug-likeness (QED) is 0.211. The molecule has 0 amide bonds. The fourth-order valence-corrected chi connectivity index (χ4v) is 6.19. The van der Waals surface area contributed by atoms with Gasteiger partial charge in [-0.15, -0.1) is 0 Å². The largest absolute Gasteiger partial charge is 0.276 e. The predicted molar refractivity (Wildman–Crippen MR) is 172 cm³/mol. The van der Waals surface area contributed by atoms with E-state index < -0.39 is 0 Å². The molecule has 0 aliphatic rings. The van der Waals surface area contributed by atoms with Crippen molar-refractivity contribution in [3.05, 3.63) is 166 Å². The first-order valence-electron chi connectivity index (χ1n) is 14.0. The lowest BCUT2D eigenvalue weighted by Crippen LogP contribution is -2.24. The zero-order valence-corrected chi connectivity index (χ0v) is 22.6. The Kier molecular flexibility index (Phi) is 5.41. The second-order valence-electron chi connectivity index (χ2n) is 10.5. The van der Waals surface area contributed by atoms with Gasteiger partial charge in [-0.05, 0) is 70.8 Å². The number of pyridine rings is 2. The van der Waals surface area contributed by atoms with E-state index in [1.807, 2.05) is 146 Å². The number of rotatable bonds is 4. The van der Waals surface area contributed by atoms with E-state index >= 15 is 0 Å². The minimum atomic E-state index is -0.124. The molecule has 6 aromatic carbocycles. The monoisotopic (exact) mass is 540 g/mol. The van der Waals surface area contributed by atoms with Crippen LogP contribution in [-0.2, 0) is 0 Å². The van der Waals surface area contributed by atoms with Crippen molar-refractivity contribution in [2.24, 2.45) is 0 Å². The molecule has 2 aromatic heterocycles. The van der Waals surface area contributed by atoms with Crippen LogP contribution < -0.4 is 11.1 Å². The van der Waals surface area contributed by atoms with E-state index in [0.29, 0.717) is 21.8 Å². The Morgan fingerprint density at radius 2 is 0.690 bits per heavy atom. The van der Waals surface area contributed by atoms with E-state index in [0.717, 1.165) is 44.4 Å². The molecule has 0 saturated heterocycles. The SMILES string of the molecule is O=c1c2cc(-c3ccccc3)cc3c2c2c(cc(-c4ccccc4)cc2n1-c1ccccc1)c(=O)n3-c1ccccc1. The maximum atomic E-state index is 14.6. The van der Waals surface area contributed by atoms with Crippen LogP contribution in [-0.4, -0.2) is 9.13 Å². The maximum Gasteiger partial charge on any atom is 0.263 e. The number of nitrogens with zero attached hydrogens (tertiary/aromatic N) is 2. The Morgan fingerprint density at radius 3 is 1.05 bits per heavy atom. The molecule has 0 bridgehead atoms. The van der Waals surface area contributed by atoms with Crippen LogP contribution in [0.25, 0.3) is 66.2 Å². The Labute approximate surface area is 241 Å². The van der Waals surface area contributed by atoms with Crippen LogP contribution in [0.1, 0.15) is 0 Å². The molecule has 0 saturated carbocycles. The van der Waals surface area contributed by atoms with Gasteiger partial charge in [-0.2, -0.15) is 0 Å². The van der Waals surface area contributed by atoms with Gasteiger partial charge in [0.2, 0.25) is 0 Å². The van der Waals surface area contributed by atoms with Crippen molar-refractivity contribution >= 4 is 32.6 Å². The van der Waals surface area contributed by atoms with Crippen molar-refractivity contribution < 1.29 is 0 Å². The number of hydrogen-bond donors (Lipinski definition) is 0. The van der Waals surface area contributed by atoms with Crippen LogP contribution in [0, 0.1) is 0 Å². The van der Waals surface area contributed by atoms with Crippen LogP contribution in [0.2, 0.25) is 0 Å². The Morgan fingerprint density at radius 1 is 0.357 bits per heavy atom. The minimum Gasteiger partial charge on any atom is -0.276 e. The lowest BCUT2D eigenvalue weighted by atomic mass is 9.93. The summed E-state index contributed by atoms with van der Waals surface area (Å²) in [6.07, 6.45) is 0. The Balaban J connectivity index is 1.65. The molecule has 0 fully saturated rings. The standard InChI is InChI=1S/C38H24N2O2/c41-37-31-21-27(25-13-5-1-6-14-25)23-33-35(31)36-32(38(42)39(33)29-17-9-3-10-18-29)22-28(26-15-7-2-8-16-26)24-34(36)40(37)30-19-11-4-12-20-30/h1-24H. The molecule has 198 valence electrons. The molecular formula is C38H24N2O2. The van der Waals surface area contributed by atoms with E-state index in [-0.39, 0.29) is 11.1 Å². The lowest BCUT2D eigenvalue weighted by molar-refractivity contribution is 1.04. The van der Waals surface area contributed by atoms with Crippen molar-refractivity contribution in [3.63, 3.8) is 0 Å². The molecule has 8 aromatic rings. The van der Waals surface area contributed by atoms with Crippen molar-refractivity contribution in [2.75, 3.05) is 0 Å². The summed E-state index contributed by atoms with van der Waals surface area (Å²) in [6, 6.07) is 47.4. The molecule has 0 radical (unpaired) electrons. The number of benzene rings is 6. The average molecular weight is 541 g/mol. The van der Waals surface area contributed by atoms with Crippen LogP contribution in [0.4, 0.5) is 0 Å². The van der Waals surface area contributed by atoms with Crippen LogP contribution in [0.3, 0.4) is 0 Å². The van der Waals surface area contributed by atoms with Gasteiger partial charge in [0, 0.05) is 22.1 Å². The van der Waals surface area contributed by atoms with Gasteiger partial charge in [-0.3, -0.25) is 18.7 Å². The molecule has 0 atom stereocenters. The number of hydrogen-bond acceptors (Lipinski definition) is 2. The highest BCUT2D eigenvalue weighted by Gasteiger charge is 2.23. The van der Waals surface area contributed by atoms with Gasteiger partial charge in [0.25, 0.3) is 11.1 Å². The van der Waals surface area contributed by atoms with E-state index in [1.165, 1.54) is 0 Å². The summed E-state index contributed by atoms with van der Waals surface area (Å²) >= 11 is 0. The topological polar surface area (TPSA) is 44.0 Å². The van der Waals surface area contributed by atoms with E-state index in [2.05, 4.69) is 0 Å². The normalized spacial score (nSPS) is 11.5. The number of aromatic nitrogens is 2. The molecule has 42 heavy (non-hydrogen) atoms. The van der Waals surface area contributed by atoms with Gasteiger partial charge >= 0.3 is 0 Å². The summed E-state index contributed by atoms with van der Waals surface area (Å²) in [4.78, 5) is 29.3. The Hall–Kier alpha value is -5.74. The highest BCUT2D eigenvalue weighted by atomic mass is 16.1. The minimum absolute atomic E-state index is 0.124. The first-order chi connectivity index (χ1) is 20.7. The first kappa shape index (κ1) is 24.1. The average Bonchev–Trinajstić information content (AvgIpc) is 3.06. The summed E-state index contributed by atoms with van der Waals surface area (Å²) in [5, 5.41) is 2.73. The predicted octanol–water partition coefficient (Wildman–Crippen LogP) is 8.22. The summed E-state index contributed by atoms with van der Waals surface area (Å²) in [6.45, 7) is 0. The van der Waals surface area contributed by atoms with Gasteiger partial charge in [0.1, 0.15) is 0 Å². The van der Waals surface area contributed by atoms with Crippen LogP contribution in [0.5, 0.6) is 0 Å². The fraction of sp³-hybridized carbons (Fsp3) is 0. The highest BCUT2D eigenvalue weighted by molar-refractivity contribution is 6.23. The summed E-state index contributed by atoms with van der Waals surface area (Å²) in [5.74, 6) is 0. The molecular weight excluding hydrogens is 516 g/mol. The van der Waals surface area contributed by atoms with Gasteiger partial charge in [-0.1, -0.05) is 97.1 Å². The van der Waals surface area contributed by atoms with Gasteiger partial charge in [0.15, 0.2) is 0 Å². The molecule has 4 nitrogen and oxygen atoms in total. The Bertz CT molecular complexity index is 2190. The number of para-hydroxylation sites is 2. The van der Waals surface area contributed by atoms with E-state index in [4.69, 9.17) is 0 Å². The third-order valence-electron chi connectivity index (χ3n) is 8.08. The van der Waals surface area contributed by atoms with Gasteiger partial charge in [-0.25, -0.2) is 0 Å². The first-order valence-corrected chi connectivity index (χ1v) is 14.0. The summed E-state index contributed by atoms with van der Waals surface area (Å²) in [7, 11) is 0. The second kappa shape index (κ2) is 9.43. The molecule has 0 aliphatic carbocycles. The molecule has 0 aliphatic heterocycles. The van der Waals surface area contributed by atoms with Crippen molar-refractivity contribution in [1.82, 2.24) is 9.13 Å². The van der Waals surface area contributed by atoms with E-state index in [1.54, 1.807) is 9.13 Å². The molecule has 0 N–H and O–H groups in total. The molecule has 8 rings (SSSR count). The highest BCUT2D eigenvalue weighted by Crippen LogP contribution is 2.38. The smallest absolute Gasteiger partial charge is 0.263 e. The zero-order chi connectivity index (χ0) is 28.2. The van der Waals surface area contributed by atoms with Crippen molar-refractivity contribution in [3.8, 4) is 33.6 Å². The zero-order valence-electron chi connectivity index (χ0n) is 22.6. The fourth-order valence-electron chi connectivity index (χ4n) is 6.19. The molecule has 0 unspecified atom stereocenters. The lowest BCUT2D eigenvalue weighted by Gasteiger charge is -2.21. The molecule has 2 heterocycles. The van der Waals surface area contributed by atoms with Crippen molar-refractivity contribution in [2.45, 2.75) is 0 Å². The van der Waals surface area contributed by atoms with Crippen LogP contribution in [0.15, 0.2) is 155 Å². The van der Waals surface area contributed by atoms with Gasteiger partial charge < -0.3 is 0 Å². The maximum absolute atomic E-state index is 14.6. The van der Waals surface area contributed by atoms with Gasteiger partial charge in [0.05, 0.1) is 21.8 Å². The third-order valence-corrected chi connectivity index (χ3v) is 8.08. The summed E-state index contributed by atoms with van der Waals surface area (Å²) in [5.41, 5.74) is 6.41. The second-order valence-corrected chi connectivity index (χ2v) is 10.5.